The zero-order chi connectivity index (χ0) is 21.3. The van der Waals surface area contributed by atoms with Crippen LogP contribution in [-0.2, 0) is 19.6 Å². The van der Waals surface area contributed by atoms with Crippen molar-refractivity contribution in [1.29, 1.82) is 0 Å². The molecule has 0 fully saturated rings. The van der Waals surface area contributed by atoms with Crippen LogP contribution in [0.25, 0.3) is 0 Å². The summed E-state index contributed by atoms with van der Waals surface area (Å²) in [6, 6.07) is 1.97. The summed E-state index contributed by atoms with van der Waals surface area (Å²) >= 11 is 7.73. The Hall–Kier alpha value is -2.12. The Bertz CT molecular complexity index is 1030. The van der Waals surface area contributed by atoms with Crippen molar-refractivity contribution in [1.82, 2.24) is 24.5 Å². The fourth-order valence-corrected chi connectivity index (χ4v) is 4.52. The Labute approximate surface area is 181 Å². The van der Waals surface area contributed by atoms with Crippen LogP contribution >= 0.6 is 22.9 Å². The van der Waals surface area contributed by atoms with Crippen LogP contribution in [0.1, 0.15) is 57.4 Å². The van der Waals surface area contributed by atoms with Gasteiger partial charge < -0.3 is 4.90 Å². The fraction of sp³-hybridized carbons (Fsp3) is 0.476. The highest BCUT2D eigenvalue weighted by atomic mass is 35.5. The summed E-state index contributed by atoms with van der Waals surface area (Å²) < 4.78 is 3.88. The van der Waals surface area contributed by atoms with Crippen molar-refractivity contribution in [2.45, 2.75) is 61.2 Å². The van der Waals surface area contributed by atoms with Crippen LogP contribution in [0.5, 0.6) is 0 Å². The number of halogens is 1. The predicted octanol–water partition coefficient (Wildman–Crippen LogP) is 4.76. The van der Waals surface area contributed by atoms with Crippen molar-refractivity contribution in [3.8, 4) is 0 Å². The zero-order valence-electron chi connectivity index (χ0n) is 17.9. The van der Waals surface area contributed by atoms with Crippen LogP contribution in [0.2, 0.25) is 5.02 Å². The average Bonchev–Trinajstić information content (AvgIpc) is 3.34. The first-order chi connectivity index (χ1) is 13.8. The lowest BCUT2D eigenvalue weighted by molar-refractivity contribution is 0.0757. The summed E-state index contributed by atoms with van der Waals surface area (Å²) in [5.41, 5.74) is 6.08. The Balaban J connectivity index is 1.77. The molecule has 0 bridgehead atoms. The monoisotopic (exact) mass is 433 g/mol. The topological polar surface area (TPSA) is 56.0 Å². The van der Waals surface area contributed by atoms with Crippen molar-refractivity contribution in [3.05, 3.63) is 55.2 Å². The first-order valence-electron chi connectivity index (χ1n) is 9.85. The lowest BCUT2D eigenvalue weighted by atomic mass is 10.1. The molecule has 6 nitrogen and oxygen atoms in total. The van der Waals surface area contributed by atoms with E-state index < -0.39 is 0 Å². The Morgan fingerprint density at radius 3 is 2.34 bits per heavy atom. The second-order valence-corrected chi connectivity index (χ2v) is 8.54. The summed E-state index contributed by atoms with van der Waals surface area (Å²) in [5.74, 6) is 0.0539. The largest absolute Gasteiger partial charge is 0.334 e. The van der Waals surface area contributed by atoms with E-state index >= 15 is 0 Å². The lowest BCUT2D eigenvalue weighted by Crippen LogP contribution is -2.30. The van der Waals surface area contributed by atoms with Gasteiger partial charge in [0.25, 0.3) is 5.91 Å². The minimum atomic E-state index is 0.0539. The number of carbonyl (C=O) groups excluding carboxylic acids is 1. The number of carbonyl (C=O) groups is 1. The first kappa shape index (κ1) is 21.6. The van der Waals surface area contributed by atoms with Gasteiger partial charge in [-0.25, -0.2) is 0 Å². The molecule has 29 heavy (non-hydrogen) atoms. The molecule has 1 amide bonds. The minimum absolute atomic E-state index is 0.0539. The van der Waals surface area contributed by atoms with Crippen LogP contribution in [0.3, 0.4) is 0 Å². The molecule has 156 valence electrons. The summed E-state index contributed by atoms with van der Waals surface area (Å²) in [6.07, 6.45) is 0. The van der Waals surface area contributed by atoms with Crippen LogP contribution in [-0.4, -0.2) is 36.9 Å². The summed E-state index contributed by atoms with van der Waals surface area (Å²) in [4.78, 5) is 15.8. The average molecular weight is 434 g/mol. The first-order valence-corrected chi connectivity index (χ1v) is 11.1. The van der Waals surface area contributed by atoms with E-state index in [2.05, 4.69) is 24.0 Å². The number of rotatable bonds is 7. The zero-order valence-corrected chi connectivity index (χ0v) is 19.5. The van der Waals surface area contributed by atoms with Crippen molar-refractivity contribution < 1.29 is 4.79 Å². The molecule has 0 aliphatic rings. The molecule has 0 spiro atoms. The third kappa shape index (κ3) is 4.26. The highest BCUT2D eigenvalue weighted by Crippen LogP contribution is 2.23. The highest BCUT2D eigenvalue weighted by Gasteiger charge is 2.21. The van der Waals surface area contributed by atoms with E-state index in [1.54, 1.807) is 0 Å². The SMILES string of the molecule is CCN(Cc1c(C)nn(CC)c1C)C(=O)c1cc(Cn2nc(C)c(Cl)c2C)cs1. The molecular formula is C21H28ClN5OS. The summed E-state index contributed by atoms with van der Waals surface area (Å²) in [5, 5.41) is 11.8. The molecule has 0 saturated carbocycles. The maximum Gasteiger partial charge on any atom is 0.264 e. The van der Waals surface area contributed by atoms with Gasteiger partial charge in [-0.15, -0.1) is 11.3 Å². The van der Waals surface area contributed by atoms with E-state index in [1.165, 1.54) is 11.3 Å². The van der Waals surface area contributed by atoms with Gasteiger partial charge in [0.2, 0.25) is 0 Å². The van der Waals surface area contributed by atoms with Crippen LogP contribution in [0.4, 0.5) is 0 Å². The second kappa shape index (κ2) is 8.71. The van der Waals surface area contributed by atoms with Crippen molar-refractivity contribution in [2.24, 2.45) is 0 Å². The van der Waals surface area contributed by atoms with Gasteiger partial charge in [-0.3, -0.25) is 14.2 Å². The number of aromatic nitrogens is 4. The Morgan fingerprint density at radius 2 is 1.79 bits per heavy atom. The third-order valence-electron chi connectivity index (χ3n) is 5.34. The van der Waals surface area contributed by atoms with Crippen LogP contribution < -0.4 is 0 Å². The number of thiophene rings is 1. The van der Waals surface area contributed by atoms with Gasteiger partial charge in [0.05, 0.1) is 33.5 Å². The van der Waals surface area contributed by atoms with E-state index in [0.717, 1.165) is 45.3 Å². The van der Waals surface area contributed by atoms with E-state index in [0.29, 0.717) is 24.7 Å². The molecule has 0 aliphatic heterocycles. The van der Waals surface area contributed by atoms with Gasteiger partial charge in [0, 0.05) is 30.9 Å². The molecule has 0 unspecified atom stereocenters. The van der Waals surface area contributed by atoms with E-state index in [4.69, 9.17) is 11.6 Å². The Morgan fingerprint density at radius 1 is 1.10 bits per heavy atom. The molecule has 3 aromatic rings. The lowest BCUT2D eigenvalue weighted by Gasteiger charge is -2.20. The maximum absolute atomic E-state index is 13.1. The second-order valence-electron chi connectivity index (χ2n) is 7.25. The molecule has 0 N–H and O–H groups in total. The predicted molar refractivity (Wildman–Crippen MR) is 118 cm³/mol. The van der Waals surface area contributed by atoms with Gasteiger partial charge in [0.15, 0.2) is 0 Å². The number of nitrogens with zero attached hydrogens (tertiary/aromatic N) is 5. The molecule has 8 heteroatoms. The molecule has 0 atom stereocenters. The smallest absolute Gasteiger partial charge is 0.264 e. The van der Waals surface area contributed by atoms with Gasteiger partial charge >= 0.3 is 0 Å². The Kier molecular flexibility index (Phi) is 6.49. The van der Waals surface area contributed by atoms with Gasteiger partial charge in [-0.1, -0.05) is 11.6 Å². The van der Waals surface area contributed by atoms with Crippen LogP contribution in [0, 0.1) is 27.7 Å². The van der Waals surface area contributed by atoms with Gasteiger partial charge in [0.1, 0.15) is 0 Å². The van der Waals surface area contributed by atoms with E-state index in [1.807, 2.05) is 53.4 Å². The van der Waals surface area contributed by atoms with Crippen molar-refractivity contribution >= 4 is 28.8 Å². The van der Waals surface area contributed by atoms with Crippen LogP contribution in [0.15, 0.2) is 11.4 Å². The molecule has 0 radical (unpaired) electrons. The van der Waals surface area contributed by atoms with Gasteiger partial charge in [-0.2, -0.15) is 10.2 Å². The normalized spacial score (nSPS) is 11.3. The number of hydrogen-bond donors (Lipinski definition) is 0. The quantitative estimate of drug-likeness (QED) is 0.539. The highest BCUT2D eigenvalue weighted by molar-refractivity contribution is 7.12. The molecule has 0 saturated heterocycles. The minimum Gasteiger partial charge on any atom is -0.334 e. The number of aryl methyl sites for hydroxylation is 3. The van der Waals surface area contributed by atoms with Crippen molar-refractivity contribution in [2.75, 3.05) is 6.54 Å². The van der Waals surface area contributed by atoms with E-state index in [-0.39, 0.29) is 5.91 Å². The molecule has 0 aliphatic carbocycles. The summed E-state index contributed by atoms with van der Waals surface area (Å²) in [6.45, 7) is 14.7. The third-order valence-corrected chi connectivity index (χ3v) is 6.85. The molecule has 3 heterocycles. The summed E-state index contributed by atoms with van der Waals surface area (Å²) in [7, 11) is 0. The van der Waals surface area contributed by atoms with E-state index in [9.17, 15) is 4.79 Å². The van der Waals surface area contributed by atoms with Crippen molar-refractivity contribution in [3.63, 3.8) is 0 Å². The molecular weight excluding hydrogens is 406 g/mol. The molecule has 3 aromatic heterocycles. The molecule has 0 aromatic carbocycles. The van der Waals surface area contributed by atoms with Gasteiger partial charge in [-0.05, 0) is 58.6 Å². The number of hydrogen-bond acceptors (Lipinski definition) is 4. The standard InChI is InChI=1S/C21H28ClN5OS/c1-7-25(11-18-13(3)23-26(8-2)15(18)5)21(28)19-9-17(12-29-19)10-27-16(6)20(22)14(4)24-27/h9,12H,7-8,10-11H2,1-6H3. The fourth-order valence-electron chi connectivity index (χ4n) is 3.52. The number of amides is 1. The maximum atomic E-state index is 13.1. The molecule has 3 rings (SSSR count).